The lowest BCUT2D eigenvalue weighted by Gasteiger charge is -2.14. The summed E-state index contributed by atoms with van der Waals surface area (Å²) in [6.45, 7) is 4.60. The molecule has 0 unspecified atom stereocenters. The average molecular weight is 284 g/mol. The molecule has 0 atom stereocenters. The molecule has 0 spiro atoms. The Bertz CT molecular complexity index is 535. The molecular weight excluding hydrogens is 264 g/mol. The number of guanidine groups is 1. The second-order valence-electron chi connectivity index (χ2n) is 4.41. The van der Waals surface area contributed by atoms with Crippen molar-refractivity contribution in [3.8, 4) is 0 Å². The zero-order valence-electron chi connectivity index (χ0n) is 11.3. The van der Waals surface area contributed by atoms with E-state index in [2.05, 4.69) is 15.6 Å². The van der Waals surface area contributed by atoms with Crippen molar-refractivity contribution >= 4 is 16.0 Å². The quantitative estimate of drug-likeness (QED) is 0.551. The fourth-order valence-electron chi connectivity index (χ4n) is 1.45. The second-order valence-corrected chi connectivity index (χ2v) is 5.98. The maximum atomic E-state index is 11.1. The Balaban J connectivity index is 2.64. The Morgan fingerprint density at radius 3 is 2.32 bits per heavy atom. The molecule has 4 N–H and O–H groups in total. The van der Waals surface area contributed by atoms with Crippen molar-refractivity contribution < 1.29 is 8.42 Å². The van der Waals surface area contributed by atoms with E-state index >= 15 is 0 Å². The van der Waals surface area contributed by atoms with Crippen molar-refractivity contribution in [2.75, 3.05) is 7.05 Å². The van der Waals surface area contributed by atoms with Gasteiger partial charge in [0, 0.05) is 19.6 Å². The number of hydrogen-bond acceptors (Lipinski definition) is 3. The number of aliphatic imine (C=N–C) groups is 1. The second kappa shape index (κ2) is 6.53. The third-order valence-electron chi connectivity index (χ3n) is 2.36. The van der Waals surface area contributed by atoms with Crippen molar-refractivity contribution in [2.45, 2.75) is 31.3 Å². The smallest absolute Gasteiger partial charge is 0.238 e. The summed E-state index contributed by atoms with van der Waals surface area (Å²) in [6, 6.07) is 6.71. The Hall–Kier alpha value is -1.60. The Labute approximate surface area is 114 Å². The van der Waals surface area contributed by atoms with Gasteiger partial charge in [-0.2, -0.15) is 0 Å². The standard InChI is InChI=1S/C12H20N4O2S/c1-9(2)16-12(14-3)15-8-10-4-6-11(7-5-10)19(13,17)18/h4-7,9H,8H2,1-3H3,(H2,13,17,18)(H2,14,15,16). The molecule has 0 radical (unpaired) electrons. The summed E-state index contributed by atoms with van der Waals surface area (Å²) < 4.78 is 22.2. The fourth-order valence-corrected chi connectivity index (χ4v) is 1.97. The predicted molar refractivity (Wildman–Crippen MR) is 76.3 cm³/mol. The van der Waals surface area contributed by atoms with E-state index in [9.17, 15) is 8.42 Å². The van der Waals surface area contributed by atoms with Gasteiger partial charge in [-0.1, -0.05) is 12.1 Å². The van der Waals surface area contributed by atoms with Crippen LogP contribution in [0.2, 0.25) is 0 Å². The van der Waals surface area contributed by atoms with Crippen molar-refractivity contribution in [3.05, 3.63) is 29.8 Å². The number of benzene rings is 1. The predicted octanol–water partition coefficient (Wildman–Crippen LogP) is 0.407. The lowest BCUT2D eigenvalue weighted by atomic mass is 10.2. The normalized spacial score (nSPS) is 12.6. The van der Waals surface area contributed by atoms with Crippen LogP contribution in [-0.4, -0.2) is 27.5 Å². The summed E-state index contributed by atoms with van der Waals surface area (Å²) in [7, 11) is -1.93. The van der Waals surface area contributed by atoms with Crippen molar-refractivity contribution in [1.82, 2.24) is 10.6 Å². The van der Waals surface area contributed by atoms with Crippen molar-refractivity contribution in [1.29, 1.82) is 0 Å². The molecule has 0 aliphatic heterocycles. The van der Waals surface area contributed by atoms with Gasteiger partial charge in [0.1, 0.15) is 0 Å². The Kier molecular flexibility index (Phi) is 5.31. The van der Waals surface area contributed by atoms with Crippen LogP contribution in [0.4, 0.5) is 0 Å². The van der Waals surface area contributed by atoms with Gasteiger partial charge in [0.15, 0.2) is 5.96 Å². The molecule has 0 aliphatic rings. The minimum Gasteiger partial charge on any atom is -0.354 e. The molecule has 1 aromatic carbocycles. The van der Waals surface area contributed by atoms with Gasteiger partial charge in [-0.3, -0.25) is 4.99 Å². The van der Waals surface area contributed by atoms with Gasteiger partial charge in [-0.05, 0) is 31.5 Å². The largest absolute Gasteiger partial charge is 0.354 e. The molecule has 6 nitrogen and oxygen atoms in total. The van der Waals surface area contributed by atoms with Gasteiger partial charge >= 0.3 is 0 Å². The van der Waals surface area contributed by atoms with Gasteiger partial charge in [-0.25, -0.2) is 13.6 Å². The van der Waals surface area contributed by atoms with Gasteiger partial charge in [0.2, 0.25) is 10.0 Å². The van der Waals surface area contributed by atoms with Crippen LogP contribution in [0, 0.1) is 0 Å². The van der Waals surface area contributed by atoms with Crippen LogP contribution in [0.1, 0.15) is 19.4 Å². The molecule has 7 heteroatoms. The first kappa shape index (κ1) is 15.5. The molecule has 1 rings (SSSR count). The molecule has 106 valence electrons. The maximum absolute atomic E-state index is 11.1. The van der Waals surface area contributed by atoms with Gasteiger partial charge in [0.05, 0.1) is 4.90 Å². The van der Waals surface area contributed by atoms with E-state index in [1.54, 1.807) is 19.2 Å². The summed E-state index contributed by atoms with van der Waals surface area (Å²) in [4.78, 5) is 4.19. The summed E-state index contributed by atoms with van der Waals surface area (Å²) in [6.07, 6.45) is 0. The lowest BCUT2D eigenvalue weighted by molar-refractivity contribution is 0.597. The Morgan fingerprint density at radius 2 is 1.89 bits per heavy atom. The first-order valence-corrected chi connectivity index (χ1v) is 7.46. The summed E-state index contributed by atoms with van der Waals surface area (Å²) in [5, 5.41) is 11.3. The summed E-state index contributed by atoms with van der Waals surface area (Å²) >= 11 is 0. The van der Waals surface area contributed by atoms with E-state index in [1.807, 2.05) is 13.8 Å². The number of nitrogens with one attached hydrogen (secondary N) is 2. The maximum Gasteiger partial charge on any atom is 0.238 e. The molecule has 0 amide bonds. The SMILES string of the molecule is CN=C(NCc1ccc(S(N)(=O)=O)cc1)NC(C)C. The molecule has 0 bridgehead atoms. The number of primary sulfonamides is 1. The summed E-state index contributed by atoms with van der Waals surface area (Å²) in [5.41, 5.74) is 0.944. The molecule has 0 fully saturated rings. The van der Waals surface area contributed by atoms with Gasteiger partial charge < -0.3 is 10.6 Å². The van der Waals surface area contributed by atoms with Crippen molar-refractivity contribution in [2.24, 2.45) is 10.1 Å². The van der Waals surface area contributed by atoms with Crippen LogP contribution in [0.15, 0.2) is 34.2 Å². The number of rotatable bonds is 4. The first-order valence-electron chi connectivity index (χ1n) is 5.92. The molecule has 0 heterocycles. The topological polar surface area (TPSA) is 96.6 Å². The third kappa shape index (κ3) is 5.27. The van der Waals surface area contributed by atoms with Gasteiger partial charge in [0.25, 0.3) is 0 Å². The highest BCUT2D eigenvalue weighted by molar-refractivity contribution is 7.89. The van der Waals surface area contributed by atoms with Crippen LogP contribution in [0.5, 0.6) is 0 Å². The fraction of sp³-hybridized carbons (Fsp3) is 0.417. The average Bonchev–Trinajstić information content (AvgIpc) is 2.33. The molecule has 0 aromatic heterocycles. The first-order chi connectivity index (χ1) is 8.82. The number of nitrogens with zero attached hydrogens (tertiary/aromatic N) is 1. The van der Waals surface area contributed by atoms with E-state index < -0.39 is 10.0 Å². The number of nitrogens with two attached hydrogens (primary N) is 1. The van der Waals surface area contributed by atoms with Crippen LogP contribution >= 0.6 is 0 Å². The molecule has 0 aliphatic carbocycles. The molecule has 19 heavy (non-hydrogen) atoms. The van der Waals surface area contributed by atoms with Crippen LogP contribution in [0.25, 0.3) is 0 Å². The molecular formula is C12H20N4O2S. The van der Waals surface area contributed by atoms with Crippen LogP contribution in [-0.2, 0) is 16.6 Å². The highest BCUT2D eigenvalue weighted by Crippen LogP contribution is 2.08. The monoisotopic (exact) mass is 284 g/mol. The highest BCUT2D eigenvalue weighted by Gasteiger charge is 2.07. The zero-order valence-corrected chi connectivity index (χ0v) is 12.2. The number of sulfonamides is 1. The van der Waals surface area contributed by atoms with E-state index in [0.717, 1.165) is 5.56 Å². The summed E-state index contributed by atoms with van der Waals surface area (Å²) in [5.74, 6) is 0.700. The third-order valence-corrected chi connectivity index (χ3v) is 3.29. The van der Waals surface area contributed by atoms with E-state index in [-0.39, 0.29) is 10.9 Å². The minimum absolute atomic E-state index is 0.112. The highest BCUT2D eigenvalue weighted by atomic mass is 32.2. The Morgan fingerprint density at radius 1 is 1.32 bits per heavy atom. The lowest BCUT2D eigenvalue weighted by Crippen LogP contribution is -2.40. The number of hydrogen-bond donors (Lipinski definition) is 3. The van der Waals surface area contributed by atoms with Crippen LogP contribution in [0.3, 0.4) is 0 Å². The van der Waals surface area contributed by atoms with E-state index in [4.69, 9.17) is 5.14 Å². The van der Waals surface area contributed by atoms with Crippen molar-refractivity contribution in [3.63, 3.8) is 0 Å². The zero-order chi connectivity index (χ0) is 14.5. The molecule has 1 aromatic rings. The molecule has 0 saturated carbocycles. The van der Waals surface area contributed by atoms with Crippen LogP contribution < -0.4 is 15.8 Å². The minimum atomic E-state index is -3.63. The van der Waals surface area contributed by atoms with Gasteiger partial charge in [-0.15, -0.1) is 0 Å². The molecule has 0 saturated heterocycles. The van der Waals surface area contributed by atoms with E-state index in [0.29, 0.717) is 12.5 Å². The van der Waals surface area contributed by atoms with E-state index in [1.165, 1.54) is 12.1 Å².